The van der Waals surface area contributed by atoms with E-state index in [1.165, 1.54) is 72.0 Å². The maximum absolute atomic E-state index is 4.41. The Bertz CT molecular complexity index is 2070. The van der Waals surface area contributed by atoms with E-state index in [2.05, 4.69) is 158 Å². The van der Waals surface area contributed by atoms with Crippen LogP contribution in [0.3, 0.4) is 0 Å². The van der Waals surface area contributed by atoms with Crippen molar-refractivity contribution in [1.82, 2.24) is 4.98 Å². The summed E-state index contributed by atoms with van der Waals surface area (Å²) in [5.41, 5.74) is 13.8. The minimum atomic E-state index is -0.243. The van der Waals surface area contributed by atoms with Gasteiger partial charge in [0.15, 0.2) is 0 Å². The zero-order valence-corrected chi connectivity index (χ0v) is 23.5. The van der Waals surface area contributed by atoms with Gasteiger partial charge in [-0.05, 0) is 79.6 Å². The van der Waals surface area contributed by atoms with E-state index in [9.17, 15) is 0 Å². The summed E-state index contributed by atoms with van der Waals surface area (Å²) in [4.78, 5) is 4.41. The van der Waals surface area contributed by atoms with Gasteiger partial charge in [0, 0.05) is 23.2 Å². The van der Waals surface area contributed by atoms with Gasteiger partial charge in [0.05, 0.1) is 0 Å². The summed E-state index contributed by atoms with van der Waals surface area (Å²) in [6.07, 6.45) is 3.83. The minimum Gasteiger partial charge on any atom is -0.264 e. The van der Waals surface area contributed by atoms with Crippen LogP contribution in [0.25, 0.3) is 55.3 Å². The third kappa shape index (κ3) is 3.67. The molecule has 1 heterocycles. The molecule has 1 aliphatic carbocycles. The molecular formula is C41H29N. The SMILES string of the molecule is CC1(c2ccccc2)c2ccccc2-c2c1ccc(-c1ccccc1)c2-c1ccc(-c2cccc3ccncc23)cc1. The Balaban J connectivity index is 1.39. The molecule has 8 rings (SSSR count). The number of fused-ring (bicyclic) bond motifs is 4. The van der Waals surface area contributed by atoms with Gasteiger partial charge in [0.25, 0.3) is 0 Å². The summed E-state index contributed by atoms with van der Waals surface area (Å²) in [7, 11) is 0. The zero-order valence-electron chi connectivity index (χ0n) is 23.5. The molecule has 1 aliphatic rings. The fraction of sp³-hybridized carbons (Fsp3) is 0.0488. The minimum absolute atomic E-state index is 0.243. The number of pyridine rings is 1. The molecule has 0 spiro atoms. The van der Waals surface area contributed by atoms with Gasteiger partial charge >= 0.3 is 0 Å². The molecule has 0 radical (unpaired) electrons. The van der Waals surface area contributed by atoms with E-state index < -0.39 is 0 Å². The average molecular weight is 536 g/mol. The van der Waals surface area contributed by atoms with E-state index in [1.54, 1.807) is 0 Å². The summed E-state index contributed by atoms with van der Waals surface area (Å²) in [5.74, 6) is 0. The summed E-state index contributed by atoms with van der Waals surface area (Å²) >= 11 is 0. The standard InChI is InChI=1S/C41H29N/c1-41(32-14-6-3-7-15-32)37-18-9-8-16-35(37)40-38(41)24-23-34(28-11-4-2-5-12-28)39(40)31-21-19-30(20-22-31)33-17-10-13-29-25-26-42-27-36(29)33/h2-27H,1H3. The topological polar surface area (TPSA) is 12.9 Å². The Morgan fingerprint density at radius 2 is 1.12 bits per heavy atom. The molecular weight excluding hydrogens is 506 g/mol. The fourth-order valence-corrected chi connectivity index (χ4v) is 7.00. The molecule has 0 N–H and O–H groups in total. The highest BCUT2D eigenvalue weighted by Gasteiger charge is 2.42. The van der Waals surface area contributed by atoms with Crippen molar-refractivity contribution in [2.45, 2.75) is 12.3 Å². The third-order valence-electron chi connectivity index (χ3n) is 9.08. The molecule has 0 amide bonds. The highest BCUT2D eigenvalue weighted by atomic mass is 14.6. The van der Waals surface area contributed by atoms with Gasteiger partial charge < -0.3 is 0 Å². The third-order valence-corrected chi connectivity index (χ3v) is 9.08. The predicted molar refractivity (Wildman–Crippen MR) is 175 cm³/mol. The van der Waals surface area contributed by atoms with Crippen LogP contribution >= 0.6 is 0 Å². The highest BCUT2D eigenvalue weighted by molar-refractivity contribution is 6.01. The van der Waals surface area contributed by atoms with E-state index in [0.717, 1.165) is 0 Å². The molecule has 198 valence electrons. The van der Waals surface area contributed by atoms with E-state index in [4.69, 9.17) is 0 Å². The van der Waals surface area contributed by atoms with Crippen LogP contribution in [-0.2, 0) is 5.41 Å². The molecule has 1 nitrogen and oxygen atoms in total. The van der Waals surface area contributed by atoms with Crippen molar-refractivity contribution in [3.63, 3.8) is 0 Å². The molecule has 1 heteroatoms. The molecule has 6 aromatic carbocycles. The van der Waals surface area contributed by atoms with Gasteiger partial charge in [-0.15, -0.1) is 0 Å². The molecule has 42 heavy (non-hydrogen) atoms. The highest BCUT2D eigenvalue weighted by Crippen LogP contribution is 2.56. The number of rotatable bonds is 4. The van der Waals surface area contributed by atoms with Gasteiger partial charge in [0.2, 0.25) is 0 Å². The van der Waals surface area contributed by atoms with Gasteiger partial charge in [-0.2, -0.15) is 0 Å². The first-order valence-corrected chi connectivity index (χ1v) is 14.6. The first kappa shape index (κ1) is 24.5. The maximum atomic E-state index is 4.41. The van der Waals surface area contributed by atoms with Crippen molar-refractivity contribution in [2.24, 2.45) is 0 Å². The number of aromatic nitrogens is 1. The Hall–Kier alpha value is -5.27. The van der Waals surface area contributed by atoms with Crippen molar-refractivity contribution < 1.29 is 0 Å². The molecule has 0 fully saturated rings. The molecule has 0 bridgehead atoms. The molecule has 0 saturated heterocycles. The van der Waals surface area contributed by atoms with Gasteiger partial charge in [0.1, 0.15) is 0 Å². The van der Waals surface area contributed by atoms with E-state index >= 15 is 0 Å². The smallest absolute Gasteiger partial charge is 0.0435 e. The van der Waals surface area contributed by atoms with Crippen LogP contribution in [0.1, 0.15) is 23.6 Å². The molecule has 7 aromatic rings. The summed E-state index contributed by atoms with van der Waals surface area (Å²) < 4.78 is 0. The molecule has 1 atom stereocenters. The van der Waals surface area contributed by atoms with Crippen molar-refractivity contribution in [3.05, 3.63) is 175 Å². The van der Waals surface area contributed by atoms with Gasteiger partial charge in [-0.1, -0.05) is 140 Å². The summed E-state index contributed by atoms with van der Waals surface area (Å²) in [6.45, 7) is 2.39. The van der Waals surface area contributed by atoms with Crippen molar-refractivity contribution in [2.75, 3.05) is 0 Å². The lowest BCUT2D eigenvalue weighted by Crippen LogP contribution is -2.22. The number of benzene rings is 6. The largest absolute Gasteiger partial charge is 0.264 e. The molecule has 1 aromatic heterocycles. The Kier molecular flexibility index (Phi) is 5.65. The quantitative estimate of drug-likeness (QED) is 0.218. The van der Waals surface area contributed by atoms with Crippen LogP contribution in [-0.4, -0.2) is 4.98 Å². The lowest BCUT2D eigenvalue weighted by molar-refractivity contribution is 0.714. The zero-order chi connectivity index (χ0) is 28.1. The summed E-state index contributed by atoms with van der Waals surface area (Å²) in [6, 6.07) is 53.1. The second kappa shape index (κ2) is 9.68. The van der Waals surface area contributed by atoms with Crippen molar-refractivity contribution in [1.29, 1.82) is 0 Å². The second-order valence-corrected chi connectivity index (χ2v) is 11.3. The monoisotopic (exact) mass is 535 g/mol. The van der Waals surface area contributed by atoms with Crippen LogP contribution in [0.15, 0.2) is 158 Å². The Labute approximate surface area is 246 Å². The predicted octanol–water partition coefficient (Wildman–Crippen LogP) is 10.6. The van der Waals surface area contributed by atoms with E-state index in [-0.39, 0.29) is 5.41 Å². The number of hydrogen-bond donors (Lipinski definition) is 0. The van der Waals surface area contributed by atoms with Gasteiger partial charge in [-0.25, -0.2) is 0 Å². The van der Waals surface area contributed by atoms with Crippen LogP contribution in [0, 0.1) is 0 Å². The second-order valence-electron chi connectivity index (χ2n) is 11.3. The first-order chi connectivity index (χ1) is 20.7. The first-order valence-electron chi connectivity index (χ1n) is 14.6. The van der Waals surface area contributed by atoms with Crippen LogP contribution in [0.5, 0.6) is 0 Å². The van der Waals surface area contributed by atoms with Crippen LogP contribution in [0.2, 0.25) is 0 Å². The Morgan fingerprint density at radius 1 is 0.452 bits per heavy atom. The normalized spacial score (nSPS) is 15.4. The number of hydrogen-bond acceptors (Lipinski definition) is 1. The van der Waals surface area contributed by atoms with E-state index in [0.29, 0.717) is 0 Å². The van der Waals surface area contributed by atoms with Crippen molar-refractivity contribution >= 4 is 10.8 Å². The fourth-order valence-electron chi connectivity index (χ4n) is 7.00. The van der Waals surface area contributed by atoms with Crippen molar-refractivity contribution in [3.8, 4) is 44.5 Å². The summed E-state index contributed by atoms with van der Waals surface area (Å²) in [5, 5.41) is 2.38. The Morgan fingerprint density at radius 3 is 1.93 bits per heavy atom. The van der Waals surface area contributed by atoms with Crippen LogP contribution < -0.4 is 0 Å². The molecule has 0 aliphatic heterocycles. The molecule has 0 saturated carbocycles. The molecule has 1 unspecified atom stereocenters. The maximum Gasteiger partial charge on any atom is 0.0435 e. The van der Waals surface area contributed by atoms with E-state index in [1.807, 2.05) is 12.4 Å². The number of nitrogens with zero attached hydrogens (tertiary/aromatic N) is 1. The lowest BCUT2D eigenvalue weighted by Gasteiger charge is -2.29. The lowest BCUT2D eigenvalue weighted by atomic mass is 9.73. The van der Waals surface area contributed by atoms with Gasteiger partial charge in [-0.3, -0.25) is 4.98 Å². The average Bonchev–Trinajstić information content (AvgIpc) is 3.34. The van der Waals surface area contributed by atoms with Crippen LogP contribution in [0.4, 0.5) is 0 Å².